The molecule has 0 saturated carbocycles. The Balaban J connectivity index is 1.60. The Kier molecular flexibility index (Phi) is 5.87. The first-order valence-electron chi connectivity index (χ1n) is 11.0. The molecule has 182 valence electrons. The van der Waals surface area contributed by atoms with Crippen molar-refractivity contribution >= 4 is 17.0 Å². The zero-order chi connectivity index (χ0) is 24.9. The number of benzene rings is 1. The van der Waals surface area contributed by atoms with Crippen molar-refractivity contribution in [2.45, 2.75) is 39.5 Å². The molecule has 1 aliphatic rings. The molecule has 4 aromatic rings. The molecule has 2 atom stereocenters. The zero-order valence-electron chi connectivity index (χ0n) is 19.2. The van der Waals surface area contributed by atoms with E-state index in [2.05, 4.69) is 20.1 Å². The van der Waals surface area contributed by atoms with E-state index in [9.17, 15) is 17.6 Å². The van der Waals surface area contributed by atoms with Gasteiger partial charge in [0.15, 0.2) is 5.65 Å². The van der Waals surface area contributed by atoms with Gasteiger partial charge in [0, 0.05) is 41.0 Å². The number of hydrogen-bond acceptors (Lipinski definition) is 6. The largest absolute Gasteiger partial charge is 0.367 e. The van der Waals surface area contributed by atoms with Crippen molar-refractivity contribution in [3.63, 3.8) is 0 Å². The molecule has 3 aromatic heterocycles. The highest BCUT2D eigenvalue weighted by atomic mass is 19.3. The van der Waals surface area contributed by atoms with Gasteiger partial charge in [-0.3, -0.25) is 0 Å². The second-order valence-corrected chi connectivity index (χ2v) is 8.63. The lowest BCUT2D eigenvalue weighted by Gasteiger charge is -2.36. The van der Waals surface area contributed by atoms with E-state index in [0.29, 0.717) is 33.5 Å². The molecule has 11 heteroatoms. The first-order chi connectivity index (χ1) is 16.7. The number of ether oxygens (including phenoxy) is 1. The second kappa shape index (κ2) is 8.88. The average Bonchev–Trinajstić information content (AvgIpc) is 3.30. The summed E-state index contributed by atoms with van der Waals surface area (Å²) in [4.78, 5) is 15.7. The summed E-state index contributed by atoms with van der Waals surface area (Å²) in [6.07, 6.45) is 1.77. The first-order valence-corrected chi connectivity index (χ1v) is 11.0. The Labute approximate surface area is 198 Å². The fraction of sp³-hybridized carbons (Fsp3) is 0.333. The molecule has 0 bridgehead atoms. The number of alkyl halides is 2. The Hall–Kier alpha value is -3.60. The predicted molar refractivity (Wildman–Crippen MR) is 121 cm³/mol. The van der Waals surface area contributed by atoms with Crippen LogP contribution in [0.5, 0.6) is 0 Å². The standard InChI is InChI=1S/C24H22F4N6O/c1-12-6-18-21(17-5-4-16(25)7-19(17)26)31-24(32-22(18)30-14(12)3)33-9-13(2)35-20(11-33)15-8-29-34(10-15)23(27)28/h4-8,10,13,20,23H,9,11H2,1-3H3/t13-,20-/m0/s1. The van der Waals surface area contributed by atoms with Gasteiger partial charge in [-0.1, -0.05) is 0 Å². The molecule has 1 fully saturated rings. The van der Waals surface area contributed by atoms with E-state index < -0.39 is 24.3 Å². The van der Waals surface area contributed by atoms with Crippen LogP contribution in [0, 0.1) is 25.5 Å². The minimum atomic E-state index is -2.75. The summed E-state index contributed by atoms with van der Waals surface area (Å²) in [7, 11) is 0. The van der Waals surface area contributed by atoms with Crippen molar-refractivity contribution in [3.8, 4) is 11.3 Å². The minimum absolute atomic E-state index is 0.126. The van der Waals surface area contributed by atoms with E-state index in [0.717, 1.165) is 17.3 Å². The Morgan fingerprint density at radius 1 is 1.06 bits per heavy atom. The molecular weight excluding hydrogens is 464 g/mol. The van der Waals surface area contributed by atoms with E-state index >= 15 is 0 Å². The maximum Gasteiger partial charge on any atom is 0.333 e. The van der Waals surface area contributed by atoms with Crippen LogP contribution in [-0.4, -0.2) is 43.9 Å². The lowest BCUT2D eigenvalue weighted by molar-refractivity contribution is -0.0181. The molecule has 0 radical (unpaired) electrons. The van der Waals surface area contributed by atoms with Gasteiger partial charge in [0.1, 0.15) is 17.7 Å². The molecule has 1 aromatic carbocycles. The zero-order valence-corrected chi connectivity index (χ0v) is 19.2. The van der Waals surface area contributed by atoms with Gasteiger partial charge < -0.3 is 9.64 Å². The number of nitrogens with zero attached hydrogens (tertiary/aromatic N) is 6. The molecular formula is C24H22F4N6O. The van der Waals surface area contributed by atoms with Gasteiger partial charge in [0.05, 0.1) is 24.5 Å². The van der Waals surface area contributed by atoms with Gasteiger partial charge in [-0.05, 0) is 44.5 Å². The van der Waals surface area contributed by atoms with Crippen molar-refractivity contribution < 1.29 is 22.3 Å². The quantitative estimate of drug-likeness (QED) is 0.372. The summed E-state index contributed by atoms with van der Waals surface area (Å²) in [6, 6.07) is 5.16. The highest BCUT2D eigenvalue weighted by Crippen LogP contribution is 2.33. The Morgan fingerprint density at radius 2 is 1.86 bits per heavy atom. The van der Waals surface area contributed by atoms with Crippen LogP contribution in [0.1, 0.15) is 36.4 Å². The summed E-state index contributed by atoms with van der Waals surface area (Å²) in [6.45, 7) is 3.51. The predicted octanol–water partition coefficient (Wildman–Crippen LogP) is 5.14. The normalized spacial score (nSPS) is 18.6. The lowest BCUT2D eigenvalue weighted by atomic mass is 10.1. The summed E-state index contributed by atoms with van der Waals surface area (Å²) in [5.41, 5.74) is 2.93. The second-order valence-electron chi connectivity index (χ2n) is 8.63. The maximum absolute atomic E-state index is 14.8. The summed E-state index contributed by atoms with van der Waals surface area (Å²) in [5.74, 6) is -1.15. The van der Waals surface area contributed by atoms with Crippen LogP contribution in [-0.2, 0) is 4.74 Å². The molecule has 0 amide bonds. The van der Waals surface area contributed by atoms with Gasteiger partial charge in [-0.15, -0.1) is 0 Å². The first kappa shape index (κ1) is 23.2. The number of hydrogen-bond donors (Lipinski definition) is 0. The SMILES string of the molecule is Cc1cc2c(-c3ccc(F)cc3F)nc(N3C[C@@H](c4cnn(C(F)F)c4)O[C@@H](C)C3)nc2nc1C. The van der Waals surface area contributed by atoms with E-state index in [4.69, 9.17) is 4.74 Å². The Morgan fingerprint density at radius 3 is 2.57 bits per heavy atom. The van der Waals surface area contributed by atoms with Crippen LogP contribution < -0.4 is 4.90 Å². The van der Waals surface area contributed by atoms with E-state index in [1.54, 1.807) is 0 Å². The fourth-order valence-electron chi connectivity index (χ4n) is 4.19. The summed E-state index contributed by atoms with van der Waals surface area (Å²) < 4.78 is 61.0. The average molecular weight is 486 g/mol. The molecule has 0 N–H and O–H groups in total. The highest BCUT2D eigenvalue weighted by Gasteiger charge is 2.30. The number of morpholine rings is 1. The van der Waals surface area contributed by atoms with Crippen molar-refractivity contribution in [1.82, 2.24) is 24.7 Å². The molecule has 0 spiro atoms. The number of rotatable bonds is 4. The number of anilines is 1. The molecule has 0 unspecified atom stereocenters. The van der Waals surface area contributed by atoms with Crippen molar-refractivity contribution in [1.29, 1.82) is 0 Å². The van der Waals surface area contributed by atoms with Gasteiger partial charge in [0.25, 0.3) is 0 Å². The molecule has 0 aliphatic carbocycles. The minimum Gasteiger partial charge on any atom is -0.367 e. The summed E-state index contributed by atoms with van der Waals surface area (Å²) >= 11 is 0. The van der Waals surface area contributed by atoms with Crippen molar-refractivity contribution in [3.05, 3.63) is 65.1 Å². The number of fused-ring (bicyclic) bond motifs is 1. The summed E-state index contributed by atoms with van der Waals surface area (Å²) in [5, 5.41) is 4.24. The molecule has 1 aliphatic heterocycles. The van der Waals surface area contributed by atoms with Gasteiger partial charge in [0.2, 0.25) is 5.95 Å². The molecule has 35 heavy (non-hydrogen) atoms. The number of aryl methyl sites for hydroxylation is 2. The number of pyridine rings is 1. The third-order valence-corrected chi connectivity index (χ3v) is 6.04. The van der Waals surface area contributed by atoms with Crippen LogP contribution in [0.2, 0.25) is 0 Å². The highest BCUT2D eigenvalue weighted by molar-refractivity contribution is 5.92. The van der Waals surface area contributed by atoms with Crippen molar-refractivity contribution in [2.24, 2.45) is 0 Å². The smallest absolute Gasteiger partial charge is 0.333 e. The van der Waals surface area contributed by atoms with Crippen LogP contribution in [0.4, 0.5) is 23.5 Å². The van der Waals surface area contributed by atoms with Crippen molar-refractivity contribution in [2.75, 3.05) is 18.0 Å². The van der Waals surface area contributed by atoms with E-state index in [-0.39, 0.29) is 24.2 Å². The van der Waals surface area contributed by atoms with E-state index in [1.165, 1.54) is 24.5 Å². The van der Waals surface area contributed by atoms with E-state index in [1.807, 2.05) is 31.7 Å². The monoisotopic (exact) mass is 486 g/mol. The molecule has 5 rings (SSSR count). The van der Waals surface area contributed by atoms with Crippen LogP contribution in [0.15, 0.2) is 36.7 Å². The molecule has 1 saturated heterocycles. The fourth-order valence-corrected chi connectivity index (χ4v) is 4.19. The lowest BCUT2D eigenvalue weighted by Crippen LogP contribution is -2.43. The van der Waals surface area contributed by atoms with Crippen LogP contribution in [0.25, 0.3) is 22.3 Å². The van der Waals surface area contributed by atoms with Gasteiger partial charge >= 0.3 is 6.55 Å². The van der Waals surface area contributed by atoms with Crippen LogP contribution in [0.3, 0.4) is 0 Å². The Bertz CT molecular complexity index is 1410. The number of aromatic nitrogens is 5. The van der Waals surface area contributed by atoms with Gasteiger partial charge in [-0.2, -0.15) is 18.9 Å². The topological polar surface area (TPSA) is 69.0 Å². The third-order valence-electron chi connectivity index (χ3n) is 6.04. The number of halogens is 4. The molecule has 4 heterocycles. The van der Waals surface area contributed by atoms with Gasteiger partial charge in [-0.25, -0.2) is 23.4 Å². The van der Waals surface area contributed by atoms with Crippen LogP contribution >= 0.6 is 0 Å². The maximum atomic E-state index is 14.8. The third kappa shape index (κ3) is 4.43. The molecule has 7 nitrogen and oxygen atoms in total.